The summed E-state index contributed by atoms with van der Waals surface area (Å²) in [5.74, 6) is -0.222. The van der Waals surface area contributed by atoms with E-state index in [2.05, 4.69) is 5.32 Å². The summed E-state index contributed by atoms with van der Waals surface area (Å²) in [5.41, 5.74) is 2.45. The van der Waals surface area contributed by atoms with Crippen molar-refractivity contribution in [1.29, 1.82) is 0 Å². The average molecular weight is 404 g/mol. The number of sulfone groups is 1. The van der Waals surface area contributed by atoms with Crippen molar-refractivity contribution >= 4 is 32.3 Å². The van der Waals surface area contributed by atoms with E-state index < -0.39 is 9.84 Å². The van der Waals surface area contributed by atoms with Gasteiger partial charge in [0.2, 0.25) is 15.7 Å². The van der Waals surface area contributed by atoms with E-state index >= 15 is 0 Å². The Hall–Kier alpha value is -3.38. The third kappa shape index (κ3) is 3.79. The molecule has 29 heavy (non-hydrogen) atoms. The SMILES string of the molecule is Cc1cccc(NC(=O)Cn2cc(S(=O)(=O)c3ccccc3)c3ccccc32)c1. The Balaban J connectivity index is 1.70. The van der Waals surface area contributed by atoms with Gasteiger partial charge in [0.05, 0.1) is 9.79 Å². The fraction of sp³-hybridized carbons (Fsp3) is 0.0870. The summed E-state index contributed by atoms with van der Waals surface area (Å²) in [7, 11) is -3.70. The molecule has 4 aromatic rings. The first-order chi connectivity index (χ1) is 13.9. The van der Waals surface area contributed by atoms with Gasteiger partial charge in [-0.3, -0.25) is 4.79 Å². The monoisotopic (exact) mass is 404 g/mol. The Bertz CT molecular complexity index is 1290. The molecule has 0 aliphatic carbocycles. The Morgan fingerprint density at radius 2 is 1.66 bits per heavy atom. The largest absolute Gasteiger partial charge is 0.337 e. The number of hydrogen-bond donors (Lipinski definition) is 1. The molecule has 0 saturated heterocycles. The van der Waals surface area contributed by atoms with Crippen LogP contribution >= 0.6 is 0 Å². The van der Waals surface area contributed by atoms with E-state index in [1.165, 1.54) is 0 Å². The number of nitrogens with one attached hydrogen (secondary N) is 1. The minimum Gasteiger partial charge on any atom is -0.337 e. The lowest BCUT2D eigenvalue weighted by Crippen LogP contribution is -2.18. The van der Waals surface area contributed by atoms with Gasteiger partial charge < -0.3 is 9.88 Å². The Labute approximate surface area is 169 Å². The first kappa shape index (κ1) is 19.0. The predicted octanol–water partition coefficient (Wildman–Crippen LogP) is 4.42. The molecule has 0 fully saturated rings. The molecule has 0 aliphatic rings. The van der Waals surface area contributed by atoms with E-state index in [-0.39, 0.29) is 22.2 Å². The van der Waals surface area contributed by atoms with Gasteiger partial charge in [-0.2, -0.15) is 0 Å². The van der Waals surface area contributed by atoms with Gasteiger partial charge in [0, 0.05) is 22.8 Å². The highest BCUT2D eigenvalue weighted by Gasteiger charge is 2.23. The Morgan fingerprint density at radius 1 is 0.931 bits per heavy atom. The molecule has 0 unspecified atom stereocenters. The molecule has 1 aromatic heterocycles. The quantitative estimate of drug-likeness (QED) is 0.535. The van der Waals surface area contributed by atoms with E-state index in [9.17, 15) is 13.2 Å². The maximum Gasteiger partial charge on any atom is 0.244 e. The molecular formula is C23H20N2O3S. The number of anilines is 1. The summed E-state index contributed by atoms with van der Waals surface area (Å²) in [6.07, 6.45) is 1.54. The molecule has 1 amide bonds. The molecule has 6 heteroatoms. The normalized spacial score (nSPS) is 11.5. The van der Waals surface area contributed by atoms with E-state index in [4.69, 9.17) is 0 Å². The Morgan fingerprint density at radius 3 is 2.41 bits per heavy atom. The molecule has 0 bridgehead atoms. The first-order valence-electron chi connectivity index (χ1n) is 9.20. The molecule has 0 radical (unpaired) electrons. The smallest absolute Gasteiger partial charge is 0.244 e. The minimum absolute atomic E-state index is 0.0127. The van der Waals surface area contributed by atoms with Crippen LogP contribution in [-0.4, -0.2) is 18.9 Å². The third-order valence-electron chi connectivity index (χ3n) is 4.71. The van der Waals surface area contributed by atoms with Crippen molar-refractivity contribution in [2.75, 3.05) is 5.32 Å². The molecule has 5 nitrogen and oxygen atoms in total. The standard InChI is InChI=1S/C23H20N2O3S/c1-17-8-7-9-18(14-17)24-23(26)16-25-15-22(20-12-5-6-13-21(20)25)29(27,28)19-10-3-2-4-11-19/h2-15H,16H2,1H3,(H,24,26). The van der Waals surface area contributed by atoms with Crippen LogP contribution in [0.5, 0.6) is 0 Å². The predicted molar refractivity (Wildman–Crippen MR) is 114 cm³/mol. The highest BCUT2D eigenvalue weighted by molar-refractivity contribution is 7.91. The number of aromatic nitrogens is 1. The summed E-state index contributed by atoms with van der Waals surface area (Å²) in [6.45, 7) is 1.97. The second-order valence-electron chi connectivity index (χ2n) is 6.87. The molecule has 1 N–H and O–H groups in total. The number of benzene rings is 3. The lowest BCUT2D eigenvalue weighted by Gasteiger charge is -2.08. The van der Waals surface area contributed by atoms with Gasteiger partial charge in [-0.1, -0.05) is 48.5 Å². The van der Waals surface area contributed by atoms with Gasteiger partial charge in [0.25, 0.3) is 0 Å². The summed E-state index contributed by atoms with van der Waals surface area (Å²) in [6, 6.07) is 23.1. The summed E-state index contributed by atoms with van der Waals surface area (Å²) < 4.78 is 28.0. The van der Waals surface area contributed by atoms with Crippen LogP contribution in [0, 0.1) is 6.92 Å². The van der Waals surface area contributed by atoms with Crippen LogP contribution in [-0.2, 0) is 21.2 Å². The second kappa shape index (κ2) is 7.56. The molecule has 0 saturated carbocycles. The number of nitrogens with zero attached hydrogens (tertiary/aromatic N) is 1. The molecule has 0 aliphatic heterocycles. The van der Waals surface area contributed by atoms with E-state index in [0.29, 0.717) is 16.6 Å². The van der Waals surface area contributed by atoms with Crippen LogP contribution in [0.15, 0.2) is 94.9 Å². The van der Waals surface area contributed by atoms with Gasteiger partial charge in [-0.15, -0.1) is 0 Å². The third-order valence-corrected chi connectivity index (χ3v) is 6.51. The summed E-state index contributed by atoms with van der Waals surface area (Å²) >= 11 is 0. The maximum atomic E-state index is 13.2. The topological polar surface area (TPSA) is 68.2 Å². The van der Waals surface area contributed by atoms with Crippen molar-refractivity contribution in [3.05, 3.63) is 90.6 Å². The van der Waals surface area contributed by atoms with Crippen molar-refractivity contribution < 1.29 is 13.2 Å². The molecule has 0 spiro atoms. The summed E-state index contributed by atoms with van der Waals surface area (Å²) in [5, 5.41) is 3.46. The van der Waals surface area contributed by atoms with Gasteiger partial charge in [-0.25, -0.2) is 8.42 Å². The zero-order chi connectivity index (χ0) is 20.4. The number of hydrogen-bond acceptors (Lipinski definition) is 3. The van der Waals surface area contributed by atoms with Crippen molar-refractivity contribution in [1.82, 2.24) is 4.57 Å². The van der Waals surface area contributed by atoms with Crippen LogP contribution in [0.4, 0.5) is 5.69 Å². The molecular weight excluding hydrogens is 384 g/mol. The molecule has 4 rings (SSSR count). The fourth-order valence-electron chi connectivity index (χ4n) is 3.36. The zero-order valence-corrected chi connectivity index (χ0v) is 16.7. The van der Waals surface area contributed by atoms with Crippen molar-refractivity contribution in [3.63, 3.8) is 0 Å². The minimum atomic E-state index is -3.70. The van der Waals surface area contributed by atoms with Crippen molar-refractivity contribution in [3.8, 4) is 0 Å². The highest BCUT2D eigenvalue weighted by Crippen LogP contribution is 2.30. The number of aryl methyl sites for hydroxylation is 1. The molecule has 0 atom stereocenters. The molecule has 146 valence electrons. The van der Waals surface area contributed by atoms with Crippen LogP contribution < -0.4 is 5.32 Å². The first-order valence-corrected chi connectivity index (χ1v) is 10.7. The van der Waals surface area contributed by atoms with Crippen LogP contribution in [0.25, 0.3) is 10.9 Å². The number of carbonyl (C=O) groups excluding carboxylic acids is 1. The number of amides is 1. The van der Waals surface area contributed by atoms with Gasteiger partial charge in [0.1, 0.15) is 6.54 Å². The fourth-order valence-corrected chi connectivity index (χ4v) is 4.86. The van der Waals surface area contributed by atoms with E-state index in [1.807, 2.05) is 43.3 Å². The van der Waals surface area contributed by atoms with E-state index in [1.54, 1.807) is 53.2 Å². The summed E-state index contributed by atoms with van der Waals surface area (Å²) in [4.78, 5) is 13.0. The van der Waals surface area contributed by atoms with Crippen molar-refractivity contribution in [2.45, 2.75) is 23.3 Å². The van der Waals surface area contributed by atoms with Crippen LogP contribution in [0.2, 0.25) is 0 Å². The highest BCUT2D eigenvalue weighted by atomic mass is 32.2. The molecule has 3 aromatic carbocycles. The van der Waals surface area contributed by atoms with Crippen LogP contribution in [0.3, 0.4) is 0 Å². The van der Waals surface area contributed by atoms with Crippen molar-refractivity contribution in [2.24, 2.45) is 0 Å². The van der Waals surface area contributed by atoms with E-state index in [0.717, 1.165) is 5.56 Å². The maximum absolute atomic E-state index is 13.2. The zero-order valence-electron chi connectivity index (χ0n) is 15.9. The van der Waals surface area contributed by atoms with Gasteiger partial charge >= 0.3 is 0 Å². The lowest BCUT2D eigenvalue weighted by molar-refractivity contribution is -0.116. The number of carbonyl (C=O) groups is 1. The number of para-hydroxylation sites is 1. The second-order valence-corrected chi connectivity index (χ2v) is 8.79. The number of rotatable bonds is 5. The lowest BCUT2D eigenvalue weighted by atomic mass is 10.2. The molecule has 1 heterocycles. The Kier molecular flexibility index (Phi) is 4.94. The van der Waals surface area contributed by atoms with Gasteiger partial charge in [0.15, 0.2) is 0 Å². The number of fused-ring (bicyclic) bond motifs is 1. The average Bonchev–Trinajstić information content (AvgIpc) is 3.08. The van der Waals surface area contributed by atoms with Gasteiger partial charge in [-0.05, 0) is 42.8 Å². The van der Waals surface area contributed by atoms with Crippen LogP contribution in [0.1, 0.15) is 5.56 Å².